The van der Waals surface area contributed by atoms with Gasteiger partial charge in [-0.3, -0.25) is 4.98 Å². The summed E-state index contributed by atoms with van der Waals surface area (Å²) in [6.45, 7) is 5.16. The third kappa shape index (κ3) is 2.85. The average Bonchev–Trinajstić information content (AvgIpc) is 2.80. The molecule has 0 aromatic carbocycles. The van der Waals surface area contributed by atoms with Crippen molar-refractivity contribution in [2.75, 3.05) is 6.54 Å². The zero-order valence-electron chi connectivity index (χ0n) is 12.5. The summed E-state index contributed by atoms with van der Waals surface area (Å²) in [7, 11) is 0. The van der Waals surface area contributed by atoms with Gasteiger partial charge in [-0.25, -0.2) is 0 Å². The van der Waals surface area contributed by atoms with Crippen molar-refractivity contribution >= 4 is 17.2 Å². The van der Waals surface area contributed by atoms with E-state index in [-0.39, 0.29) is 0 Å². The van der Waals surface area contributed by atoms with Crippen LogP contribution in [0, 0.1) is 13.8 Å². The Balaban J connectivity index is 1.92. The van der Waals surface area contributed by atoms with E-state index in [9.17, 15) is 0 Å². The van der Waals surface area contributed by atoms with Crippen LogP contribution in [0.15, 0.2) is 41.0 Å². The van der Waals surface area contributed by atoms with E-state index in [1.165, 1.54) is 0 Å². The molecule has 3 heterocycles. The zero-order chi connectivity index (χ0) is 15.7. The van der Waals surface area contributed by atoms with Crippen LogP contribution < -0.4 is 5.73 Å². The van der Waals surface area contributed by atoms with Gasteiger partial charge < -0.3 is 15.2 Å². The first-order valence-corrected chi connectivity index (χ1v) is 7.36. The molecular weight excluding hydrogens is 300 g/mol. The molecule has 0 unspecified atom stereocenters. The van der Waals surface area contributed by atoms with Crippen LogP contribution in [0.5, 0.6) is 0 Å². The van der Waals surface area contributed by atoms with Gasteiger partial charge in [0.15, 0.2) is 0 Å². The van der Waals surface area contributed by atoms with E-state index in [0.717, 1.165) is 33.9 Å². The van der Waals surface area contributed by atoms with Crippen LogP contribution in [0.1, 0.15) is 22.6 Å². The monoisotopic (exact) mass is 316 g/mol. The van der Waals surface area contributed by atoms with Gasteiger partial charge in [0.2, 0.25) is 0 Å². The minimum absolute atomic E-state index is 0.655. The molecule has 22 heavy (non-hydrogen) atoms. The quantitative estimate of drug-likeness (QED) is 0.942. The van der Waals surface area contributed by atoms with Crippen molar-refractivity contribution in [1.29, 1.82) is 0 Å². The smallest absolute Gasteiger partial charge is 0.141 e. The van der Waals surface area contributed by atoms with E-state index >= 15 is 0 Å². The van der Waals surface area contributed by atoms with Gasteiger partial charge in [0.1, 0.15) is 5.76 Å². The Hall–Kier alpha value is -2.27. The first kappa shape index (κ1) is 14.7. The molecule has 1 aliphatic heterocycles. The number of aromatic nitrogens is 2. The summed E-state index contributed by atoms with van der Waals surface area (Å²) in [6, 6.07) is 1.92. The molecule has 5 nitrogen and oxygen atoms in total. The summed E-state index contributed by atoms with van der Waals surface area (Å²) in [5.74, 6) is 0.789. The number of halogens is 1. The fourth-order valence-electron chi connectivity index (χ4n) is 2.64. The van der Waals surface area contributed by atoms with Gasteiger partial charge in [-0.15, -0.1) is 0 Å². The summed E-state index contributed by atoms with van der Waals surface area (Å²) >= 11 is 6.19. The van der Waals surface area contributed by atoms with Gasteiger partial charge in [-0.1, -0.05) is 16.8 Å². The Morgan fingerprint density at radius 3 is 2.91 bits per heavy atom. The summed E-state index contributed by atoms with van der Waals surface area (Å²) < 4.78 is 5.25. The SMILES string of the molecule is Cc1noc(C)c1C1=CN(Cc2ccncc2Cl)CC(N)=C1. The molecule has 0 saturated heterocycles. The van der Waals surface area contributed by atoms with Crippen molar-refractivity contribution in [1.82, 2.24) is 15.0 Å². The van der Waals surface area contributed by atoms with Crippen molar-refractivity contribution in [3.05, 3.63) is 64.0 Å². The minimum Gasteiger partial charge on any atom is -0.401 e. The van der Waals surface area contributed by atoms with E-state index in [1.54, 1.807) is 12.4 Å². The molecule has 0 fully saturated rings. The standard InChI is InChI=1S/C16H17ClN4O/c1-10-16(11(2)22-20-10)13-5-14(18)9-21(8-13)7-12-3-4-19-6-15(12)17/h3-6,8H,7,9,18H2,1-2H3. The Morgan fingerprint density at radius 2 is 2.23 bits per heavy atom. The number of rotatable bonds is 3. The molecule has 0 bridgehead atoms. The molecule has 1 aliphatic rings. The maximum Gasteiger partial charge on any atom is 0.141 e. The average molecular weight is 317 g/mol. The third-order valence-corrected chi connectivity index (χ3v) is 3.94. The number of aryl methyl sites for hydroxylation is 2. The van der Waals surface area contributed by atoms with Gasteiger partial charge in [-0.05, 0) is 31.6 Å². The normalized spacial score (nSPS) is 14.8. The molecule has 0 atom stereocenters. The molecular formula is C16H17ClN4O. The second-order valence-electron chi connectivity index (χ2n) is 5.37. The highest BCUT2D eigenvalue weighted by atomic mass is 35.5. The molecule has 0 radical (unpaired) electrons. The predicted octanol–water partition coefficient (Wildman–Crippen LogP) is 3.04. The van der Waals surface area contributed by atoms with Crippen LogP contribution in [0.2, 0.25) is 5.02 Å². The highest BCUT2D eigenvalue weighted by molar-refractivity contribution is 6.31. The lowest BCUT2D eigenvalue weighted by Crippen LogP contribution is -2.26. The molecule has 2 aromatic heterocycles. The molecule has 0 amide bonds. The second kappa shape index (κ2) is 5.85. The fraction of sp³-hybridized carbons (Fsp3) is 0.250. The van der Waals surface area contributed by atoms with Gasteiger partial charge in [0, 0.05) is 42.0 Å². The van der Waals surface area contributed by atoms with E-state index < -0.39 is 0 Å². The lowest BCUT2D eigenvalue weighted by molar-refractivity contribution is 0.391. The van der Waals surface area contributed by atoms with Crippen LogP contribution in [-0.4, -0.2) is 21.6 Å². The van der Waals surface area contributed by atoms with E-state index in [1.807, 2.05) is 26.0 Å². The molecule has 0 saturated carbocycles. The lowest BCUT2D eigenvalue weighted by Gasteiger charge is -2.26. The zero-order valence-corrected chi connectivity index (χ0v) is 13.3. The molecule has 2 aromatic rings. The number of hydrogen-bond donors (Lipinski definition) is 1. The summed E-state index contributed by atoms with van der Waals surface area (Å²) in [4.78, 5) is 6.13. The maximum absolute atomic E-state index is 6.19. The van der Waals surface area contributed by atoms with Crippen molar-refractivity contribution in [3.8, 4) is 0 Å². The topological polar surface area (TPSA) is 68.2 Å². The van der Waals surface area contributed by atoms with Crippen molar-refractivity contribution < 1.29 is 4.52 Å². The molecule has 0 spiro atoms. The number of allylic oxidation sites excluding steroid dienone is 2. The van der Waals surface area contributed by atoms with Crippen LogP contribution >= 0.6 is 11.6 Å². The van der Waals surface area contributed by atoms with Gasteiger partial charge >= 0.3 is 0 Å². The van der Waals surface area contributed by atoms with Gasteiger partial charge in [0.05, 0.1) is 17.3 Å². The number of nitrogens with two attached hydrogens (primary N) is 1. The van der Waals surface area contributed by atoms with Crippen molar-refractivity contribution in [3.63, 3.8) is 0 Å². The summed E-state index contributed by atoms with van der Waals surface area (Å²) in [5.41, 5.74) is 10.8. The highest BCUT2D eigenvalue weighted by Crippen LogP contribution is 2.28. The van der Waals surface area contributed by atoms with Crippen LogP contribution in [0.4, 0.5) is 0 Å². The minimum atomic E-state index is 0.655. The van der Waals surface area contributed by atoms with E-state index in [0.29, 0.717) is 18.1 Å². The van der Waals surface area contributed by atoms with Crippen LogP contribution in [-0.2, 0) is 6.54 Å². The lowest BCUT2D eigenvalue weighted by atomic mass is 10.0. The van der Waals surface area contributed by atoms with Crippen molar-refractivity contribution in [2.45, 2.75) is 20.4 Å². The Morgan fingerprint density at radius 1 is 1.41 bits per heavy atom. The van der Waals surface area contributed by atoms with Crippen LogP contribution in [0.25, 0.3) is 5.57 Å². The largest absolute Gasteiger partial charge is 0.401 e. The number of hydrogen-bond acceptors (Lipinski definition) is 5. The van der Waals surface area contributed by atoms with Crippen LogP contribution in [0.3, 0.4) is 0 Å². The number of nitrogens with zero attached hydrogens (tertiary/aromatic N) is 3. The molecule has 3 rings (SSSR count). The highest BCUT2D eigenvalue weighted by Gasteiger charge is 2.18. The predicted molar refractivity (Wildman–Crippen MR) is 85.9 cm³/mol. The first-order chi connectivity index (χ1) is 10.5. The molecule has 114 valence electrons. The van der Waals surface area contributed by atoms with E-state index in [2.05, 4.69) is 21.2 Å². The Kier molecular flexibility index (Phi) is 3.90. The molecule has 6 heteroatoms. The Bertz CT molecular complexity index is 744. The second-order valence-corrected chi connectivity index (χ2v) is 5.78. The summed E-state index contributed by atoms with van der Waals surface area (Å²) in [6.07, 6.45) is 7.43. The first-order valence-electron chi connectivity index (χ1n) is 6.98. The third-order valence-electron chi connectivity index (χ3n) is 3.60. The van der Waals surface area contributed by atoms with E-state index in [4.69, 9.17) is 21.9 Å². The number of pyridine rings is 1. The molecule has 2 N–H and O–H groups in total. The van der Waals surface area contributed by atoms with Crippen molar-refractivity contribution in [2.24, 2.45) is 5.73 Å². The molecule has 0 aliphatic carbocycles. The maximum atomic E-state index is 6.19. The summed E-state index contributed by atoms with van der Waals surface area (Å²) in [5, 5.41) is 4.66. The Labute approximate surface area is 134 Å². The van der Waals surface area contributed by atoms with Gasteiger partial charge in [-0.2, -0.15) is 0 Å². The van der Waals surface area contributed by atoms with Gasteiger partial charge in [0.25, 0.3) is 0 Å². The fourth-order valence-corrected chi connectivity index (χ4v) is 2.82.